The van der Waals surface area contributed by atoms with Crippen LogP contribution in [0, 0.1) is 11.8 Å². The molecule has 0 aromatic carbocycles. The lowest BCUT2D eigenvalue weighted by Crippen LogP contribution is -2.42. The Bertz CT molecular complexity index is 573. The van der Waals surface area contributed by atoms with Crippen molar-refractivity contribution in [1.82, 2.24) is 5.32 Å². The average molecular weight is 349 g/mol. The van der Waals surface area contributed by atoms with E-state index in [9.17, 15) is 9.59 Å². The molecule has 140 valence electrons. The molecule has 1 amide bonds. The first-order valence-electron chi connectivity index (χ1n) is 9.08. The van der Waals surface area contributed by atoms with Crippen LogP contribution in [0.3, 0.4) is 0 Å². The van der Waals surface area contributed by atoms with Crippen molar-refractivity contribution in [1.29, 1.82) is 0 Å². The van der Waals surface area contributed by atoms with Gasteiger partial charge < -0.3 is 14.8 Å². The Balaban J connectivity index is 2.24. The van der Waals surface area contributed by atoms with Crippen molar-refractivity contribution in [3.8, 4) is 0 Å². The van der Waals surface area contributed by atoms with Crippen LogP contribution in [0.2, 0.25) is 0 Å². The number of hydrogen-bond acceptors (Lipinski definition) is 4. The number of ether oxygens (including phenoxy) is 2. The lowest BCUT2D eigenvalue weighted by Gasteiger charge is -2.31. The number of carbonyl (C=O) groups is 2. The van der Waals surface area contributed by atoms with Crippen LogP contribution in [0.15, 0.2) is 23.8 Å². The van der Waals surface area contributed by atoms with Gasteiger partial charge in [-0.25, -0.2) is 4.79 Å². The topological polar surface area (TPSA) is 64.6 Å². The van der Waals surface area contributed by atoms with Crippen molar-refractivity contribution < 1.29 is 19.1 Å². The van der Waals surface area contributed by atoms with Gasteiger partial charge in [0.05, 0.1) is 6.10 Å². The van der Waals surface area contributed by atoms with E-state index < -0.39 is 0 Å². The standard InChI is InChI=1S/C20H31NO4/c1-12-8-7-9-14(18(22)21-20(3,4)5)10-11-15-13(2)19(23)25-17(15)16(12)24-6/h9,12,15-17H,2,7-8,10-11H2,1,3-6H3,(H,21,22)/b14-9+/t12-,15-,16+,17-/m0/s1. The molecule has 0 bridgehead atoms. The molecule has 0 unspecified atom stereocenters. The van der Waals surface area contributed by atoms with E-state index in [0.717, 1.165) is 18.4 Å². The maximum atomic E-state index is 12.6. The van der Waals surface area contributed by atoms with Gasteiger partial charge >= 0.3 is 5.97 Å². The summed E-state index contributed by atoms with van der Waals surface area (Å²) in [5.41, 5.74) is 1.000. The molecule has 1 fully saturated rings. The Morgan fingerprint density at radius 2 is 2.04 bits per heavy atom. The Morgan fingerprint density at radius 3 is 2.64 bits per heavy atom. The molecule has 4 atom stereocenters. The van der Waals surface area contributed by atoms with Crippen LogP contribution in [0.4, 0.5) is 0 Å². The monoisotopic (exact) mass is 349 g/mol. The lowest BCUT2D eigenvalue weighted by molar-refractivity contribution is -0.147. The van der Waals surface area contributed by atoms with E-state index in [2.05, 4.69) is 18.8 Å². The van der Waals surface area contributed by atoms with Crippen molar-refractivity contribution in [2.45, 2.75) is 71.1 Å². The van der Waals surface area contributed by atoms with Crippen molar-refractivity contribution >= 4 is 11.9 Å². The molecule has 0 aromatic rings. The summed E-state index contributed by atoms with van der Waals surface area (Å²) in [7, 11) is 1.66. The van der Waals surface area contributed by atoms with Gasteiger partial charge in [0, 0.05) is 29.7 Å². The van der Waals surface area contributed by atoms with Gasteiger partial charge in [-0.15, -0.1) is 0 Å². The van der Waals surface area contributed by atoms with Gasteiger partial charge in [0.2, 0.25) is 5.91 Å². The average Bonchev–Trinajstić information content (AvgIpc) is 2.77. The van der Waals surface area contributed by atoms with Crippen LogP contribution in [0.25, 0.3) is 0 Å². The third kappa shape index (κ3) is 4.72. The van der Waals surface area contributed by atoms with Gasteiger partial charge in [0.1, 0.15) is 6.10 Å². The molecule has 0 aromatic heterocycles. The van der Waals surface area contributed by atoms with Crippen molar-refractivity contribution in [2.24, 2.45) is 11.8 Å². The molecular formula is C20H31NO4. The molecule has 1 saturated heterocycles. The molecule has 1 heterocycles. The molecule has 5 heteroatoms. The zero-order valence-corrected chi connectivity index (χ0v) is 16.1. The Kier molecular flexibility index (Phi) is 6.09. The molecule has 5 nitrogen and oxygen atoms in total. The molecular weight excluding hydrogens is 318 g/mol. The van der Waals surface area contributed by atoms with Crippen molar-refractivity contribution in [3.05, 3.63) is 23.8 Å². The van der Waals surface area contributed by atoms with Gasteiger partial charge in [-0.05, 0) is 52.4 Å². The second-order valence-corrected chi connectivity index (χ2v) is 8.23. The first-order valence-corrected chi connectivity index (χ1v) is 9.08. The number of allylic oxidation sites excluding steroid dienone is 1. The van der Waals surface area contributed by atoms with Gasteiger partial charge in [-0.2, -0.15) is 0 Å². The van der Waals surface area contributed by atoms with Crippen LogP contribution in [0.5, 0.6) is 0 Å². The van der Waals surface area contributed by atoms with E-state index in [1.54, 1.807) is 7.11 Å². The zero-order chi connectivity index (χ0) is 18.8. The Labute approximate surface area is 150 Å². The van der Waals surface area contributed by atoms with Crippen LogP contribution in [-0.2, 0) is 19.1 Å². The third-order valence-corrected chi connectivity index (χ3v) is 5.02. The number of methoxy groups -OCH3 is 1. The molecule has 0 radical (unpaired) electrons. The molecule has 1 N–H and O–H groups in total. The number of nitrogens with one attached hydrogen (secondary N) is 1. The maximum Gasteiger partial charge on any atom is 0.334 e. The molecule has 2 aliphatic rings. The number of carbonyl (C=O) groups excluding carboxylic acids is 2. The highest BCUT2D eigenvalue weighted by molar-refractivity contribution is 5.94. The minimum atomic E-state index is -0.340. The summed E-state index contributed by atoms with van der Waals surface area (Å²) in [4.78, 5) is 24.6. The van der Waals surface area contributed by atoms with Gasteiger partial charge in [0.15, 0.2) is 0 Å². The largest absolute Gasteiger partial charge is 0.456 e. The maximum absolute atomic E-state index is 12.6. The highest BCUT2D eigenvalue weighted by atomic mass is 16.6. The molecule has 1 aliphatic heterocycles. The Morgan fingerprint density at radius 1 is 1.36 bits per heavy atom. The molecule has 0 saturated carbocycles. The minimum absolute atomic E-state index is 0.0311. The fourth-order valence-electron chi connectivity index (χ4n) is 3.68. The van der Waals surface area contributed by atoms with E-state index in [1.807, 2.05) is 26.8 Å². The zero-order valence-electron chi connectivity index (χ0n) is 16.1. The Hall–Kier alpha value is -1.62. The van der Waals surface area contributed by atoms with Crippen molar-refractivity contribution in [2.75, 3.05) is 7.11 Å². The number of fused-ring (bicyclic) bond motifs is 1. The van der Waals surface area contributed by atoms with E-state index in [0.29, 0.717) is 18.4 Å². The summed E-state index contributed by atoms with van der Waals surface area (Å²) in [6.45, 7) is 11.9. The van der Waals surface area contributed by atoms with Crippen LogP contribution in [-0.4, -0.2) is 36.7 Å². The predicted molar refractivity (Wildman–Crippen MR) is 96.9 cm³/mol. The number of rotatable bonds is 2. The third-order valence-electron chi connectivity index (χ3n) is 5.02. The van der Waals surface area contributed by atoms with E-state index >= 15 is 0 Å². The number of hydrogen-bond donors (Lipinski definition) is 1. The van der Waals surface area contributed by atoms with E-state index in [4.69, 9.17) is 9.47 Å². The summed E-state index contributed by atoms with van der Waals surface area (Å²) < 4.78 is 11.2. The normalized spacial score (nSPS) is 33.1. The van der Waals surface area contributed by atoms with Crippen LogP contribution in [0.1, 0.15) is 53.4 Å². The molecule has 0 spiro atoms. The SMILES string of the molecule is C=C1C(=O)O[C@@H]2[C@H](OC)[C@@H](C)CC/C=C(/C(=O)NC(C)(C)C)CC[C@@H]12. The van der Waals surface area contributed by atoms with Gasteiger partial charge in [0.25, 0.3) is 0 Å². The van der Waals surface area contributed by atoms with Gasteiger partial charge in [-0.1, -0.05) is 19.6 Å². The second-order valence-electron chi connectivity index (χ2n) is 8.23. The number of esters is 1. The smallest absolute Gasteiger partial charge is 0.334 e. The van der Waals surface area contributed by atoms with Crippen molar-refractivity contribution in [3.63, 3.8) is 0 Å². The summed E-state index contributed by atoms with van der Waals surface area (Å²) in [5, 5.41) is 3.03. The highest BCUT2D eigenvalue weighted by Gasteiger charge is 2.45. The summed E-state index contributed by atoms with van der Waals surface area (Å²) in [6.07, 6.45) is 4.51. The first-order chi connectivity index (χ1) is 11.6. The second kappa shape index (κ2) is 7.73. The number of amides is 1. The minimum Gasteiger partial charge on any atom is -0.456 e. The summed E-state index contributed by atoms with van der Waals surface area (Å²) in [5.74, 6) is -0.258. The highest BCUT2D eigenvalue weighted by Crippen LogP contribution is 2.38. The fourth-order valence-corrected chi connectivity index (χ4v) is 3.68. The van der Waals surface area contributed by atoms with Crippen LogP contribution >= 0.6 is 0 Å². The fraction of sp³-hybridized carbons (Fsp3) is 0.700. The molecule has 1 aliphatic carbocycles. The molecule has 2 rings (SSSR count). The van der Waals surface area contributed by atoms with Crippen LogP contribution < -0.4 is 5.32 Å². The van der Waals surface area contributed by atoms with E-state index in [-0.39, 0.29) is 41.5 Å². The predicted octanol–water partition coefficient (Wildman–Crippen LogP) is 3.15. The molecule has 25 heavy (non-hydrogen) atoms. The van der Waals surface area contributed by atoms with Gasteiger partial charge in [-0.3, -0.25) is 4.79 Å². The quantitative estimate of drug-likeness (QED) is 0.614. The first kappa shape index (κ1) is 19.7. The lowest BCUT2D eigenvalue weighted by atomic mass is 9.81. The van der Waals surface area contributed by atoms with E-state index in [1.165, 1.54) is 0 Å². The summed E-state index contributed by atoms with van der Waals surface area (Å²) >= 11 is 0. The summed E-state index contributed by atoms with van der Waals surface area (Å²) in [6, 6.07) is 0.